The standard InChI is InChI=1S/C15H20N2O4/c1-8-13(9(2)21-16-8)14(18)17-7-6-11(15(19)20)10-4-3-5-12(10)17/h10-12H,3-7H2,1-2H3,(H,19,20). The van der Waals surface area contributed by atoms with E-state index in [0.29, 0.717) is 30.0 Å². The lowest BCUT2D eigenvalue weighted by molar-refractivity contribution is -0.146. The Morgan fingerprint density at radius 1 is 1.29 bits per heavy atom. The molecule has 2 aliphatic rings. The van der Waals surface area contributed by atoms with Gasteiger partial charge in [0.05, 0.1) is 11.6 Å². The number of nitrogens with zero attached hydrogens (tertiary/aromatic N) is 2. The molecule has 2 fully saturated rings. The van der Waals surface area contributed by atoms with Crippen LogP contribution in [0.25, 0.3) is 0 Å². The summed E-state index contributed by atoms with van der Waals surface area (Å²) in [6, 6.07) is 0.0426. The van der Waals surface area contributed by atoms with Gasteiger partial charge < -0.3 is 14.5 Å². The highest BCUT2D eigenvalue weighted by Crippen LogP contribution is 2.41. The van der Waals surface area contributed by atoms with Gasteiger partial charge in [-0.2, -0.15) is 0 Å². The molecular formula is C15H20N2O4. The molecular weight excluding hydrogens is 272 g/mol. The van der Waals surface area contributed by atoms with E-state index in [1.165, 1.54) is 0 Å². The van der Waals surface area contributed by atoms with Crippen molar-refractivity contribution in [1.82, 2.24) is 10.1 Å². The molecule has 6 nitrogen and oxygen atoms in total. The Labute approximate surface area is 123 Å². The minimum absolute atomic E-state index is 0.0426. The van der Waals surface area contributed by atoms with Gasteiger partial charge in [0.1, 0.15) is 11.3 Å². The number of rotatable bonds is 2. The van der Waals surface area contributed by atoms with Crippen molar-refractivity contribution in [3.8, 4) is 0 Å². The lowest BCUT2D eigenvalue weighted by Crippen LogP contribution is -2.51. The Hall–Kier alpha value is -1.85. The van der Waals surface area contributed by atoms with E-state index < -0.39 is 5.97 Å². The first kappa shape index (κ1) is 14.1. The molecule has 114 valence electrons. The number of aromatic nitrogens is 1. The van der Waals surface area contributed by atoms with E-state index in [0.717, 1.165) is 19.3 Å². The normalized spacial score (nSPS) is 28.5. The molecule has 0 bridgehead atoms. The summed E-state index contributed by atoms with van der Waals surface area (Å²) < 4.78 is 5.09. The van der Waals surface area contributed by atoms with Crippen LogP contribution in [-0.2, 0) is 4.79 Å². The predicted molar refractivity (Wildman–Crippen MR) is 73.9 cm³/mol. The van der Waals surface area contributed by atoms with Crippen LogP contribution in [0.15, 0.2) is 4.52 Å². The second-order valence-corrected chi connectivity index (χ2v) is 6.09. The zero-order chi connectivity index (χ0) is 15.1. The van der Waals surface area contributed by atoms with Crippen molar-refractivity contribution >= 4 is 11.9 Å². The summed E-state index contributed by atoms with van der Waals surface area (Å²) in [5.41, 5.74) is 1.14. The van der Waals surface area contributed by atoms with Crippen LogP contribution in [0.4, 0.5) is 0 Å². The number of carbonyl (C=O) groups excluding carboxylic acids is 1. The summed E-state index contributed by atoms with van der Waals surface area (Å²) in [5, 5.41) is 13.2. The average Bonchev–Trinajstić information content (AvgIpc) is 3.04. The molecule has 1 N–H and O–H groups in total. The number of carboxylic acids is 1. The number of hydrogen-bond acceptors (Lipinski definition) is 4. The fourth-order valence-electron chi connectivity index (χ4n) is 3.97. The number of hydrogen-bond donors (Lipinski definition) is 1. The highest BCUT2D eigenvalue weighted by Gasteiger charge is 2.46. The second-order valence-electron chi connectivity index (χ2n) is 6.09. The maximum absolute atomic E-state index is 12.8. The highest BCUT2D eigenvalue weighted by atomic mass is 16.5. The van der Waals surface area contributed by atoms with E-state index in [2.05, 4.69) is 5.16 Å². The molecule has 21 heavy (non-hydrogen) atoms. The Bertz CT molecular complexity index is 561. The Morgan fingerprint density at radius 2 is 2.05 bits per heavy atom. The van der Waals surface area contributed by atoms with Crippen LogP contribution in [0.5, 0.6) is 0 Å². The van der Waals surface area contributed by atoms with Gasteiger partial charge in [-0.25, -0.2) is 0 Å². The minimum atomic E-state index is -0.726. The van der Waals surface area contributed by atoms with E-state index >= 15 is 0 Å². The van der Waals surface area contributed by atoms with Gasteiger partial charge in [-0.15, -0.1) is 0 Å². The first-order valence-electron chi connectivity index (χ1n) is 7.47. The van der Waals surface area contributed by atoms with Gasteiger partial charge in [-0.1, -0.05) is 11.6 Å². The molecule has 1 aromatic heterocycles. The molecule has 0 radical (unpaired) electrons. The van der Waals surface area contributed by atoms with Gasteiger partial charge in [0.25, 0.3) is 5.91 Å². The van der Waals surface area contributed by atoms with Crippen LogP contribution in [0, 0.1) is 25.7 Å². The lowest BCUT2D eigenvalue weighted by atomic mass is 9.81. The van der Waals surface area contributed by atoms with Crippen LogP contribution in [0.3, 0.4) is 0 Å². The molecule has 2 heterocycles. The van der Waals surface area contributed by atoms with Crippen LogP contribution >= 0.6 is 0 Å². The molecule has 1 saturated heterocycles. The summed E-state index contributed by atoms with van der Waals surface area (Å²) in [5.74, 6) is -0.484. The summed E-state index contributed by atoms with van der Waals surface area (Å²) in [6.45, 7) is 4.00. The number of aryl methyl sites for hydroxylation is 2. The summed E-state index contributed by atoms with van der Waals surface area (Å²) in [6.07, 6.45) is 3.31. The topological polar surface area (TPSA) is 83.6 Å². The predicted octanol–water partition coefficient (Wildman–Crippen LogP) is 2.01. The molecule has 1 amide bonds. The molecule has 1 saturated carbocycles. The van der Waals surface area contributed by atoms with E-state index in [9.17, 15) is 14.7 Å². The molecule has 0 spiro atoms. The number of carbonyl (C=O) groups is 2. The van der Waals surface area contributed by atoms with E-state index in [-0.39, 0.29) is 23.8 Å². The Balaban J connectivity index is 1.87. The zero-order valence-electron chi connectivity index (χ0n) is 12.3. The average molecular weight is 292 g/mol. The zero-order valence-corrected chi connectivity index (χ0v) is 12.3. The van der Waals surface area contributed by atoms with E-state index in [1.54, 1.807) is 13.8 Å². The van der Waals surface area contributed by atoms with Crippen LogP contribution in [0.1, 0.15) is 47.5 Å². The van der Waals surface area contributed by atoms with Crippen molar-refractivity contribution < 1.29 is 19.2 Å². The Morgan fingerprint density at radius 3 is 2.67 bits per heavy atom. The number of carboxylic acid groups (broad SMARTS) is 1. The number of aliphatic carboxylic acids is 1. The lowest BCUT2D eigenvalue weighted by Gasteiger charge is -2.40. The largest absolute Gasteiger partial charge is 0.481 e. The van der Waals surface area contributed by atoms with Crippen molar-refractivity contribution in [2.45, 2.75) is 45.6 Å². The third kappa shape index (κ3) is 2.22. The molecule has 1 aromatic rings. The molecule has 3 unspecified atom stereocenters. The van der Waals surface area contributed by atoms with Crippen molar-refractivity contribution in [3.05, 3.63) is 17.0 Å². The van der Waals surface area contributed by atoms with Crippen molar-refractivity contribution in [2.75, 3.05) is 6.54 Å². The minimum Gasteiger partial charge on any atom is -0.481 e. The molecule has 3 atom stereocenters. The van der Waals surface area contributed by atoms with Crippen molar-refractivity contribution in [2.24, 2.45) is 11.8 Å². The van der Waals surface area contributed by atoms with Crippen LogP contribution < -0.4 is 0 Å². The third-order valence-electron chi connectivity index (χ3n) is 4.96. The summed E-state index contributed by atoms with van der Waals surface area (Å²) >= 11 is 0. The molecule has 3 rings (SSSR count). The quantitative estimate of drug-likeness (QED) is 0.901. The van der Waals surface area contributed by atoms with E-state index in [4.69, 9.17) is 4.52 Å². The van der Waals surface area contributed by atoms with Gasteiger partial charge in [-0.3, -0.25) is 9.59 Å². The van der Waals surface area contributed by atoms with Crippen LogP contribution in [-0.4, -0.2) is 39.6 Å². The van der Waals surface area contributed by atoms with Crippen molar-refractivity contribution in [1.29, 1.82) is 0 Å². The van der Waals surface area contributed by atoms with Gasteiger partial charge >= 0.3 is 5.97 Å². The van der Waals surface area contributed by atoms with Crippen molar-refractivity contribution in [3.63, 3.8) is 0 Å². The van der Waals surface area contributed by atoms with E-state index in [1.807, 2.05) is 4.90 Å². The monoisotopic (exact) mass is 292 g/mol. The summed E-state index contributed by atoms with van der Waals surface area (Å²) in [4.78, 5) is 26.0. The SMILES string of the molecule is Cc1noc(C)c1C(=O)N1CCC(C(=O)O)C2CCCC21. The summed E-state index contributed by atoms with van der Waals surface area (Å²) in [7, 11) is 0. The first-order chi connectivity index (χ1) is 10.0. The molecule has 1 aliphatic heterocycles. The Kier molecular flexibility index (Phi) is 3.47. The number of amides is 1. The maximum Gasteiger partial charge on any atom is 0.306 e. The fraction of sp³-hybridized carbons (Fsp3) is 0.667. The molecule has 0 aromatic carbocycles. The first-order valence-corrected chi connectivity index (χ1v) is 7.47. The highest BCUT2D eigenvalue weighted by molar-refractivity contribution is 5.96. The van der Waals surface area contributed by atoms with Gasteiger partial charge in [0.2, 0.25) is 0 Å². The molecule has 1 aliphatic carbocycles. The van der Waals surface area contributed by atoms with Crippen LogP contribution in [0.2, 0.25) is 0 Å². The van der Waals surface area contributed by atoms with Gasteiger partial charge in [0, 0.05) is 12.6 Å². The third-order valence-corrected chi connectivity index (χ3v) is 4.96. The molecule has 6 heteroatoms. The number of piperidine rings is 1. The van der Waals surface area contributed by atoms with Gasteiger partial charge in [0.15, 0.2) is 0 Å². The second kappa shape index (κ2) is 5.16. The fourth-order valence-corrected chi connectivity index (χ4v) is 3.97. The number of fused-ring (bicyclic) bond motifs is 1. The number of likely N-dealkylation sites (tertiary alicyclic amines) is 1. The smallest absolute Gasteiger partial charge is 0.306 e. The van der Waals surface area contributed by atoms with Gasteiger partial charge in [-0.05, 0) is 39.0 Å². The maximum atomic E-state index is 12.8.